The van der Waals surface area contributed by atoms with Gasteiger partial charge in [-0.25, -0.2) is 0 Å². The highest BCUT2D eigenvalue weighted by Crippen LogP contribution is 2.10. The van der Waals surface area contributed by atoms with E-state index in [2.05, 4.69) is 0 Å². The minimum Gasteiger partial charge on any atom is -0.369 e. The molecule has 1 amide bonds. The molecule has 0 saturated carbocycles. The number of amides is 1. The van der Waals surface area contributed by atoms with Crippen LogP contribution in [0.15, 0.2) is 24.3 Å². The van der Waals surface area contributed by atoms with Gasteiger partial charge in [-0.3, -0.25) is 4.79 Å². The van der Waals surface area contributed by atoms with Crippen LogP contribution < -0.4 is 5.73 Å². The van der Waals surface area contributed by atoms with Gasteiger partial charge >= 0.3 is 0 Å². The highest BCUT2D eigenvalue weighted by Gasteiger charge is 2.11. The van der Waals surface area contributed by atoms with Crippen LogP contribution >= 0.6 is 0 Å². The third kappa shape index (κ3) is 4.47. The molecule has 0 atom stereocenters. The second-order valence-corrected chi connectivity index (χ2v) is 4.58. The molecule has 0 aliphatic heterocycles. The highest BCUT2D eigenvalue weighted by molar-refractivity contribution is 5.77. The lowest BCUT2D eigenvalue weighted by Crippen LogP contribution is -2.31. The zero-order valence-corrected chi connectivity index (χ0v) is 11.3. The first-order valence-corrected chi connectivity index (χ1v) is 6.17. The van der Waals surface area contributed by atoms with E-state index in [-0.39, 0.29) is 18.6 Å². The monoisotopic (exact) mass is 250 g/mol. The quantitative estimate of drug-likeness (QED) is 0.833. The lowest BCUT2D eigenvalue weighted by molar-refractivity contribution is -0.136. The zero-order chi connectivity index (χ0) is 13.5. The Hall–Kier alpha value is -1.39. The lowest BCUT2D eigenvalue weighted by Gasteiger charge is -2.19. The maximum atomic E-state index is 11.8. The molecule has 4 heteroatoms. The summed E-state index contributed by atoms with van der Waals surface area (Å²) in [6.45, 7) is 5.00. The first kappa shape index (κ1) is 14.7. The molecule has 0 fully saturated rings. The Morgan fingerprint density at radius 1 is 1.33 bits per heavy atom. The van der Waals surface area contributed by atoms with Gasteiger partial charge in [-0.1, -0.05) is 24.3 Å². The van der Waals surface area contributed by atoms with Crippen LogP contribution in [0.1, 0.15) is 25.0 Å². The van der Waals surface area contributed by atoms with Crippen molar-refractivity contribution >= 4 is 5.91 Å². The van der Waals surface area contributed by atoms with Crippen LogP contribution in [0.2, 0.25) is 0 Å². The number of rotatable bonds is 6. The Bertz CT molecular complexity index is 391. The van der Waals surface area contributed by atoms with E-state index in [1.54, 1.807) is 11.9 Å². The Balaban J connectivity index is 2.58. The predicted molar refractivity (Wildman–Crippen MR) is 71.9 cm³/mol. The molecule has 0 heterocycles. The van der Waals surface area contributed by atoms with Gasteiger partial charge in [0.25, 0.3) is 0 Å². The number of hydrogen-bond donors (Lipinski definition) is 1. The summed E-state index contributed by atoms with van der Waals surface area (Å²) < 4.78 is 5.30. The van der Waals surface area contributed by atoms with Gasteiger partial charge in [0.1, 0.15) is 6.61 Å². The minimum atomic E-state index is -0.0180. The smallest absolute Gasteiger partial charge is 0.248 e. The average molecular weight is 250 g/mol. The van der Waals surface area contributed by atoms with Crippen LogP contribution in [-0.2, 0) is 22.6 Å². The fourth-order valence-corrected chi connectivity index (χ4v) is 1.60. The molecule has 0 radical (unpaired) electrons. The van der Waals surface area contributed by atoms with Crippen molar-refractivity contribution in [3.05, 3.63) is 35.4 Å². The molecule has 18 heavy (non-hydrogen) atoms. The molecule has 0 aliphatic rings. The van der Waals surface area contributed by atoms with E-state index in [9.17, 15) is 4.79 Å². The minimum absolute atomic E-state index is 0.0180. The normalized spacial score (nSPS) is 10.7. The van der Waals surface area contributed by atoms with Crippen molar-refractivity contribution in [2.75, 3.05) is 13.7 Å². The Labute approximate surface area is 109 Å². The van der Waals surface area contributed by atoms with Crippen LogP contribution in [-0.4, -0.2) is 30.6 Å². The lowest BCUT2D eigenvalue weighted by atomic mass is 10.1. The summed E-state index contributed by atoms with van der Waals surface area (Å²) in [7, 11) is 1.78. The number of hydrogen-bond acceptors (Lipinski definition) is 3. The fourth-order valence-electron chi connectivity index (χ4n) is 1.60. The van der Waals surface area contributed by atoms with Crippen LogP contribution in [0, 0.1) is 0 Å². The summed E-state index contributed by atoms with van der Waals surface area (Å²) in [5, 5.41) is 0. The van der Waals surface area contributed by atoms with Crippen molar-refractivity contribution in [1.82, 2.24) is 4.90 Å². The number of benzene rings is 1. The SMILES string of the molecule is CC(C)OCC(=O)N(C)Cc1ccccc1CN. The van der Waals surface area contributed by atoms with E-state index in [4.69, 9.17) is 10.5 Å². The van der Waals surface area contributed by atoms with Gasteiger partial charge in [0.2, 0.25) is 5.91 Å². The van der Waals surface area contributed by atoms with Gasteiger partial charge in [-0.2, -0.15) is 0 Å². The molecule has 2 N–H and O–H groups in total. The van der Waals surface area contributed by atoms with E-state index in [1.807, 2.05) is 38.1 Å². The molecule has 1 aromatic carbocycles. The average Bonchev–Trinajstić information content (AvgIpc) is 2.36. The Kier molecular flexibility index (Phi) is 5.82. The second-order valence-electron chi connectivity index (χ2n) is 4.58. The van der Waals surface area contributed by atoms with Gasteiger partial charge in [-0.05, 0) is 25.0 Å². The number of nitrogens with zero attached hydrogens (tertiary/aromatic N) is 1. The van der Waals surface area contributed by atoms with Crippen molar-refractivity contribution < 1.29 is 9.53 Å². The van der Waals surface area contributed by atoms with Gasteiger partial charge in [0.15, 0.2) is 0 Å². The van der Waals surface area contributed by atoms with Crippen molar-refractivity contribution in [2.24, 2.45) is 5.73 Å². The molecule has 0 aliphatic carbocycles. The van der Waals surface area contributed by atoms with Crippen LogP contribution in [0.25, 0.3) is 0 Å². The fraction of sp³-hybridized carbons (Fsp3) is 0.500. The first-order chi connectivity index (χ1) is 8.54. The second kappa shape index (κ2) is 7.13. The number of nitrogens with two attached hydrogens (primary N) is 1. The van der Waals surface area contributed by atoms with E-state index in [0.29, 0.717) is 13.1 Å². The first-order valence-electron chi connectivity index (χ1n) is 6.17. The molecular formula is C14H22N2O2. The van der Waals surface area contributed by atoms with E-state index >= 15 is 0 Å². The van der Waals surface area contributed by atoms with Crippen molar-refractivity contribution in [3.8, 4) is 0 Å². The molecule has 0 saturated heterocycles. The molecule has 100 valence electrons. The summed E-state index contributed by atoms with van der Waals surface area (Å²) in [5.74, 6) is -0.0180. The summed E-state index contributed by atoms with van der Waals surface area (Å²) >= 11 is 0. The zero-order valence-electron chi connectivity index (χ0n) is 11.3. The molecule has 0 unspecified atom stereocenters. The van der Waals surface area contributed by atoms with Crippen LogP contribution in [0.3, 0.4) is 0 Å². The van der Waals surface area contributed by atoms with Crippen LogP contribution in [0.5, 0.6) is 0 Å². The van der Waals surface area contributed by atoms with Gasteiger partial charge in [0, 0.05) is 20.1 Å². The molecule has 0 aromatic heterocycles. The van der Waals surface area contributed by atoms with E-state index < -0.39 is 0 Å². The third-order valence-electron chi connectivity index (χ3n) is 2.71. The van der Waals surface area contributed by atoms with E-state index in [0.717, 1.165) is 11.1 Å². The molecule has 1 aromatic rings. The number of carbonyl (C=O) groups excluding carboxylic acids is 1. The van der Waals surface area contributed by atoms with Crippen LogP contribution in [0.4, 0.5) is 0 Å². The summed E-state index contributed by atoms with van der Waals surface area (Å²) in [6, 6.07) is 7.89. The number of ether oxygens (including phenoxy) is 1. The predicted octanol–water partition coefficient (Wildman–Crippen LogP) is 1.53. The largest absolute Gasteiger partial charge is 0.369 e. The summed E-state index contributed by atoms with van der Waals surface area (Å²) in [6.07, 6.45) is 0.0682. The third-order valence-corrected chi connectivity index (χ3v) is 2.71. The van der Waals surface area contributed by atoms with Gasteiger partial charge in [-0.15, -0.1) is 0 Å². The highest BCUT2D eigenvalue weighted by atomic mass is 16.5. The molecular weight excluding hydrogens is 228 g/mol. The molecule has 0 bridgehead atoms. The van der Waals surface area contributed by atoms with Crippen molar-refractivity contribution in [3.63, 3.8) is 0 Å². The van der Waals surface area contributed by atoms with Crippen molar-refractivity contribution in [2.45, 2.75) is 33.0 Å². The molecule has 4 nitrogen and oxygen atoms in total. The summed E-state index contributed by atoms with van der Waals surface area (Å²) in [5.41, 5.74) is 7.83. The summed E-state index contributed by atoms with van der Waals surface area (Å²) in [4.78, 5) is 13.5. The van der Waals surface area contributed by atoms with Crippen molar-refractivity contribution in [1.29, 1.82) is 0 Å². The molecule has 1 rings (SSSR count). The van der Waals surface area contributed by atoms with Gasteiger partial charge in [0.05, 0.1) is 6.10 Å². The molecule has 0 spiro atoms. The standard InChI is InChI=1S/C14H22N2O2/c1-11(2)18-10-14(17)16(3)9-13-7-5-4-6-12(13)8-15/h4-7,11H,8-10,15H2,1-3H3. The Morgan fingerprint density at radius 3 is 2.50 bits per heavy atom. The maximum Gasteiger partial charge on any atom is 0.248 e. The maximum absolute atomic E-state index is 11.8. The van der Waals surface area contributed by atoms with E-state index in [1.165, 1.54) is 0 Å². The number of likely N-dealkylation sites (N-methyl/N-ethyl adjacent to an activating group) is 1. The number of carbonyl (C=O) groups is 1. The Morgan fingerprint density at radius 2 is 1.94 bits per heavy atom. The van der Waals surface area contributed by atoms with Gasteiger partial charge < -0.3 is 15.4 Å². The topological polar surface area (TPSA) is 55.6 Å².